The molecule has 0 atom stereocenters. The first-order chi connectivity index (χ1) is 36.3. The van der Waals surface area contributed by atoms with Gasteiger partial charge in [-0.2, -0.15) is 0 Å². The molecule has 1 nitrogen and oxygen atoms in total. The van der Waals surface area contributed by atoms with Crippen LogP contribution in [0.2, 0.25) is 0 Å². The number of hydrogen-bond acceptors (Lipinski definition) is 1. The molecule has 14 rings (SSSR count). The second-order valence-corrected chi connectivity index (χ2v) is 19.4. The van der Waals surface area contributed by atoms with Crippen LogP contribution in [-0.2, 0) is 5.41 Å². The van der Waals surface area contributed by atoms with Gasteiger partial charge in [0.1, 0.15) is 0 Å². The monoisotopic (exact) mass is 925 g/mol. The Morgan fingerprint density at radius 3 is 1.25 bits per heavy atom. The first-order valence-electron chi connectivity index (χ1n) is 25.5. The molecule has 0 spiro atoms. The minimum atomic E-state index is -0.572. The molecule has 0 bridgehead atoms. The Labute approximate surface area is 428 Å². The van der Waals surface area contributed by atoms with Crippen LogP contribution in [0.15, 0.2) is 291 Å². The van der Waals surface area contributed by atoms with Gasteiger partial charge in [0, 0.05) is 5.56 Å². The Kier molecular flexibility index (Phi) is 10.3. The van der Waals surface area contributed by atoms with Crippen LogP contribution >= 0.6 is 0 Å². The van der Waals surface area contributed by atoms with E-state index in [1.807, 2.05) is 0 Å². The average Bonchev–Trinajstić information content (AvgIpc) is 3.84. The summed E-state index contributed by atoms with van der Waals surface area (Å²) in [6.07, 6.45) is 0. The third-order valence-corrected chi connectivity index (χ3v) is 15.6. The van der Waals surface area contributed by atoms with Crippen LogP contribution in [0.5, 0.6) is 0 Å². The Bertz CT molecular complexity index is 3920. The van der Waals surface area contributed by atoms with E-state index in [9.17, 15) is 0 Å². The van der Waals surface area contributed by atoms with Crippen molar-refractivity contribution in [2.75, 3.05) is 4.90 Å². The van der Waals surface area contributed by atoms with Gasteiger partial charge in [0.15, 0.2) is 0 Å². The summed E-state index contributed by atoms with van der Waals surface area (Å²) in [7, 11) is 0. The van der Waals surface area contributed by atoms with Gasteiger partial charge in [-0.1, -0.05) is 289 Å². The summed E-state index contributed by atoms with van der Waals surface area (Å²) in [6.45, 7) is -0.120. The lowest BCUT2D eigenvalue weighted by Gasteiger charge is -2.46. The fraction of sp³-hybridized carbons (Fsp3) is 0.0141. The Balaban J connectivity index is 1.09. The summed E-state index contributed by atoms with van der Waals surface area (Å²) in [4.78, 5) is 2.54. The van der Waals surface area contributed by atoms with Crippen molar-refractivity contribution in [3.05, 3.63) is 313 Å². The maximum Gasteiger partial charge on any atom is 0.244 e. The molecule has 2 aliphatic heterocycles. The minimum Gasteiger partial charge on any atom is -0.309 e. The first kappa shape index (κ1) is 42.6. The standard InChI is InChI=1S/C71H48BN/c1-7-26-49(27-8-1)56-40-25-41-59-68-66(51-30-11-3-12-31-51)57-38-19-20-39-58(57)67(52-32-13-4-14-33-52)70(68)72(69(56)59)55-46-47-63(60(48-55)50-28-9-2-10-29-50)73-64-44-23-21-42-61(64)71(53-34-15-5-16-35-53,54-36-17-6-18-37-54)62-43-22-24-45-65(62)73/h1-48H. The number of nitrogens with zero attached hydrogens (tertiary/aromatic N) is 1. The lowest BCUT2D eigenvalue weighted by atomic mass is 9.37. The summed E-state index contributed by atoms with van der Waals surface area (Å²) < 4.78 is 0. The normalized spacial score (nSPS) is 13.0. The lowest BCUT2D eigenvalue weighted by molar-refractivity contribution is 0.731. The van der Waals surface area contributed by atoms with E-state index in [1.165, 1.54) is 105 Å². The van der Waals surface area contributed by atoms with Gasteiger partial charge < -0.3 is 4.90 Å². The molecule has 0 amide bonds. The van der Waals surface area contributed by atoms with E-state index in [2.05, 4.69) is 296 Å². The third-order valence-electron chi connectivity index (χ3n) is 15.6. The predicted molar refractivity (Wildman–Crippen MR) is 309 cm³/mol. The fourth-order valence-electron chi connectivity index (χ4n) is 12.7. The molecule has 2 heterocycles. The van der Waals surface area contributed by atoms with Crippen molar-refractivity contribution in [1.82, 2.24) is 0 Å². The van der Waals surface area contributed by atoms with E-state index in [1.54, 1.807) is 0 Å². The third kappa shape index (κ3) is 6.64. The highest BCUT2D eigenvalue weighted by atomic mass is 15.2. The molecule has 12 aromatic rings. The minimum absolute atomic E-state index is 0.120. The van der Waals surface area contributed by atoms with E-state index in [4.69, 9.17) is 0 Å². The van der Waals surface area contributed by atoms with Crippen molar-refractivity contribution in [3.63, 3.8) is 0 Å². The smallest absolute Gasteiger partial charge is 0.244 e. The van der Waals surface area contributed by atoms with Crippen LogP contribution in [-0.4, -0.2) is 6.71 Å². The highest BCUT2D eigenvalue weighted by molar-refractivity contribution is 7.01. The van der Waals surface area contributed by atoms with Crippen LogP contribution < -0.4 is 21.3 Å². The largest absolute Gasteiger partial charge is 0.309 e. The average molecular weight is 926 g/mol. The molecule has 73 heavy (non-hydrogen) atoms. The summed E-state index contributed by atoms with van der Waals surface area (Å²) in [5.74, 6) is 0. The fourth-order valence-corrected chi connectivity index (χ4v) is 12.7. The molecule has 2 aliphatic rings. The zero-order valence-corrected chi connectivity index (χ0v) is 40.2. The van der Waals surface area contributed by atoms with Gasteiger partial charge in [0.05, 0.1) is 22.5 Å². The van der Waals surface area contributed by atoms with Crippen LogP contribution in [0.4, 0.5) is 17.1 Å². The second kappa shape index (κ2) is 17.6. The number of benzene rings is 12. The van der Waals surface area contributed by atoms with Gasteiger partial charge in [-0.15, -0.1) is 0 Å². The number of rotatable bonds is 8. The SMILES string of the molecule is c1ccc(-c2cc(B3c4c(-c5ccccc5)cccc4-c4c3c(-c3ccccc3)c3ccccc3c4-c3ccccc3)ccc2N2c3ccccc3C(c3ccccc3)(c3ccccc3)c3ccccc32)cc1. The van der Waals surface area contributed by atoms with Crippen LogP contribution in [0.25, 0.3) is 66.4 Å². The predicted octanol–water partition coefficient (Wildman–Crippen LogP) is 16.2. The van der Waals surface area contributed by atoms with Gasteiger partial charge in [-0.05, 0) is 101 Å². The molecule has 0 unspecified atom stereocenters. The molecule has 2 heteroatoms. The van der Waals surface area contributed by atoms with Gasteiger partial charge in [-0.3, -0.25) is 0 Å². The second-order valence-electron chi connectivity index (χ2n) is 19.4. The van der Waals surface area contributed by atoms with E-state index in [0.717, 1.165) is 17.1 Å². The zero-order valence-electron chi connectivity index (χ0n) is 40.2. The van der Waals surface area contributed by atoms with E-state index in [0.29, 0.717) is 0 Å². The Morgan fingerprint density at radius 2 is 0.699 bits per heavy atom. The van der Waals surface area contributed by atoms with Gasteiger partial charge in [0.25, 0.3) is 0 Å². The molecule has 0 aliphatic carbocycles. The molecule has 0 N–H and O–H groups in total. The topological polar surface area (TPSA) is 3.24 Å². The maximum atomic E-state index is 2.54. The van der Waals surface area contributed by atoms with Crippen LogP contribution in [0, 0.1) is 0 Å². The molecular weight excluding hydrogens is 878 g/mol. The molecule has 340 valence electrons. The molecular formula is C71H48BN. The summed E-state index contributed by atoms with van der Waals surface area (Å²) in [6, 6.07) is 108. The molecule has 0 fully saturated rings. The van der Waals surface area contributed by atoms with Crippen molar-refractivity contribution in [2.45, 2.75) is 5.41 Å². The number of anilines is 3. The van der Waals surface area contributed by atoms with Gasteiger partial charge in [0.2, 0.25) is 6.71 Å². The van der Waals surface area contributed by atoms with Crippen molar-refractivity contribution >= 4 is 50.9 Å². The zero-order chi connectivity index (χ0) is 48.3. The van der Waals surface area contributed by atoms with Crippen molar-refractivity contribution in [3.8, 4) is 55.6 Å². The summed E-state index contributed by atoms with van der Waals surface area (Å²) in [5, 5.41) is 2.51. The molecule has 0 aromatic heterocycles. The van der Waals surface area contributed by atoms with Crippen molar-refractivity contribution in [1.29, 1.82) is 0 Å². The van der Waals surface area contributed by atoms with Crippen molar-refractivity contribution < 1.29 is 0 Å². The van der Waals surface area contributed by atoms with Gasteiger partial charge >= 0.3 is 0 Å². The summed E-state index contributed by atoms with van der Waals surface area (Å²) >= 11 is 0. The Morgan fingerprint density at radius 1 is 0.274 bits per heavy atom. The van der Waals surface area contributed by atoms with Crippen LogP contribution in [0.3, 0.4) is 0 Å². The molecule has 0 saturated carbocycles. The van der Waals surface area contributed by atoms with E-state index >= 15 is 0 Å². The van der Waals surface area contributed by atoms with Gasteiger partial charge in [-0.25, -0.2) is 0 Å². The molecule has 12 aromatic carbocycles. The molecule has 0 radical (unpaired) electrons. The lowest BCUT2D eigenvalue weighted by Crippen LogP contribution is -2.50. The number of fused-ring (bicyclic) bond motifs is 6. The molecule has 0 saturated heterocycles. The summed E-state index contributed by atoms with van der Waals surface area (Å²) in [5.41, 5.74) is 24.2. The number of hydrogen-bond donors (Lipinski definition) is 0. The van der Waals surface area contributed by atoms with Crippen molar-refractivity contribution in [2.24, 2.45) is 0 Å². The first-order valence-corrected chi connectivity index (χ1v) is 25.5. The number of para-hydroxylation sites is 2. The Hall–Kier alpha value is -9.24. The van der Waals surface area contributed by atoms with E-state index < -0.39 is 5.41 Å². The van der Waals surface area contributed by atoms with Crippen LogP contribution in [0.1, 0.15) is 22.3 Å². The maximum absolute atomic E-state index is 2.54. The quantitative estimate of drug-likeness (QED) is 0.137. The highest BCUT2D eigenvalue weighted by Crippen LogP contribution is 2.58. The highest BCUT2D eigenvalue weighted by Gasteiger charge is 2.47. The van der Waals surface area contributed by atoms with E-state index in [-0.39, 0.29) is 6.71 Å².